The average Bonchev–Trinajstić information content (AvgIpc) is 3.01. The highest BCUT2D eigenvalue weighted by Gasteiger charge is 2.46. The van der Waals surface area contributed by atoms with Crippen molar-refractivity contribution in [3.63, 3.8) is 0 Å². The molecular formula is C24H27N3O4. The standard InChI is InChI=1S/C24H27N3O4/c1-31-20-11-7-10-19(15-20)25-22(28)12-3-2-6-13-26-23(29)21-14-17-8-4-5-9-18(17)16-27(21)24(26)30/h4-5,7-11,15,21H,2-3,6,12-14,16H2,1H3,(H,25,28)/t21-/m0/s1. The van der Waals surface area contributed by atoms with Gasteiger partial charge in [0.15, 0.2) is 0 Å². The number of nitrogens with one attached hydrogen (secondary N) is 1. The quantitative estimate of drug-likeness (QED) is 0.522. The Balaban J connectivity index is 1.21. The molecule has 2 aliphatic rings. The van der Waals surface area contributed by atoms with E-state index in [9.17, 15) is 14.4 Å². The first-order valence-corrected chi connectivity index (χ1v) is 10.7. The molecule has 1 N–H and O–H groups in total. The molecule has 2 aromatic carbocycles. The number of fused-ring (bicyclic) bond motifs is 2. The maximum Gasteiger partial charge on any atom is 0.327 e. The number of imide groups is 1. The van der Waals surface area contributed by atoms with E-state index < -0.39 is 0 Å². The van der Waals surface area contributed by atoms with Crippen molar-refractivity contribution in [2.75, 3.05) is 19.0 Å². The topological polar surface area (TPSA) is 79.0 Å². The number of hydrogen-bond donors (Lipinski definition) is 1. The first-order chi connectivity index (χ1) is 15.1. The molecule has 162 valence electrons. The van der Waals surface area contributed by atoms with Gasteiger partial charge in [-0.05, 0) is 36.1 Å². The van der Waals surface area contributed by atoms with Crippen LogP contribution in [0.5, 0.6) is 5.75 Å². The van der Waals surface area contributed by atoms with Gasteiger partial charge in [0.25, 0.3) is 5.91 Å². The van der Waals surface area contributed by atoms with E-state index in [0.29, 0.717) is 50.2 Å². The van der Waals surface area contributed by atoms with Gasteiger partial charge in [-0.2, -0.15) is 0 Å². The van der Waals surface area contributed by atoms with Gasteiger partial charge in [-0.3, -0.25) is 14.5 Å². The highest BCUT2D eigenvalue weighted by Crippen LogP contribution is 2.30. The highest BCUT2D eigenvalue weighted by molar-refractivity contribution is 6.04. The Kier molecular flexibility index (Phi) is 6.21. The van der Waals surface area contributed by atoms with E-state index in [1.807, 2.05) is 42.5 Å². The minimum Gasteiger partial charge on any atom is -0.497 e. The summed E-state index contributed by atoms with van der Waals surface area (Å²) < 4.78 is 5.15. The van der Waals surface area contributed by atoms with E-state index in [1.165, 1.54) is 4.90 Å². The van der Waals surface area contributed by atoms with Crippen LogP contribution in [0.3, 0.4) is 0 Å². The second kappa shape index (κ2) is 9.20. The molecule has 2 heterocycles. The number of hydrogen-bond acceptors (Lipinski definition) is 4. The number of nitrogens with zero attached hydrogens (tertiary/aromatic N) is 2. The molecule has 0 aromatic heterocycles. The van der Waals surface area contributed by atoms with Gasteiger partial charge in [0.2, 0.25) is 5.91 Å². The van der Waals surface area contributed by atoms with Gasteiger partial charge >= 0.3 is 6.03 Å². The van der Waals surface area contributed by atoms with Crippen LogP contribution in [0.25, 0.3) is 0 Å². The molecule has 1 saturated heterocycles. The summed E-state index contributed by atoms with van der Waals surface area (Å²) >= 11 is 0. The zero-order valence-electron chi connectivity index (χ0n) is 17.7. The molecule has 2 aromatic rings. The van der Waals surface area contributed by atoms with Crippen LogP contribution in [-0.2, 0) is 22.6 Å². The minimum absolute atomic E-state index is 0.0588. The highest BCUT2D eigenvalue weighted by atomic mass is 16.5. The Morgan fingerprint density at radius 3 is 2.68 bits per heavy atom. The maximum atomic E-state index is 12.8. The third kappa shape index (κ3) is 4.55. The van der Waals surface area contributed by atoms with Crippen molar-refractivity contribution < 1.29 is 19.1 Å². The molecule has 7 heteroatoms. The van der Waals surface area contributed by atoms with Crippen molar-refractivity contribution in [2.45, 2.75) is 44.7 Å². The fourth-order valence-corrected chi connectivity index (χ4v) is 4.24. The number of urea groups is 1. The summed E-state index contributed by atoms with van der Waals surface area (Å²) in [5, 5.41) is 2.86. The summed E-state index contributed by atoms with van der Waals surface area (Å²) in [5.41, 5.74) is 2.97. The predicted octanol–water partition coefficient (Wildman–Crippen LogP) is 3.58. The van der Waals surface area contributed by atoms with Crippen LogP contribution in [0, 0.1) is 0 Å². The molecule has 0 radical (unpaired) electrons. The summed E-state index contributed by atoms with van der Waals surface area (Å²) in [6.45, 7) is 0.894. The minimum atomic E-state index is -0.379. The molecule has 1 fully saturated rings. The summed E-state index contributed by atoms with van der Waals surface area (Å²) in [6, 6.07) is 14.6. The van der Waals surface area contributed by atoms with Gasteiger partial charge in [0.05, 0.1) is 7.11 Å². The van der Waals surface area contributed by atoms with Crippen molar-refractivity contribution in [3.05, 3.63) is 59.7 Å². The molecule has 1 atom stereocenters. The lowest BCUT2D eigenvalue weighted by Crippen LogP contribution is -2.39. The van der Waals surface area contributed by atoms with Crippen molar-refractivity contribution in [2.24, 2.45) is 0 Å². The molecule has 0 unspecified atom stereocenters. The van der Waals surface area contributed by atoms with Crippen LogP contribution in [0.4, 0.5) is 10.5 Å². The number of methoxy groups -OCH3 is 1. The molecule has 0 saturated carbocycles. The lowest BCUT2D eigenvalue weighted by atomic mass is 9.95. The molecule has 4 rings (SSSR count). The predicted molar refractivity (Wildman–Crippen MR) is 117 cm³/mol. The van der Waals surface area contributed by atoms with Gasteiger partial charge in [-0.15, -0.1) is 0 Å². The van der Waals surface area contributed by atoms with E-state index in [0.717, 1.165) is 17.5 Å². The number of ether oxygens (including phenoxy) is 1. The van der Waals surface area contributed by atoms with Crippen LogP contribution in [0.15, 0.2) is 48.5 Å². The number of carbonyl (C=O) groups is 3. The Hall–Kier alpha value is -3.35. The molecule has 4 amide bonds. The summed E-state index contributed by atoms with van der Waals surface area (Å²) in [7, 11) is 1.58. The summed E-state index contributed by atoms with van der Waals surface area (Å²) in [4.78, 5) is 40.7. The van der Waals surface area contributed by atoms with Gasteiger partial charge in [0.1, 0.15) is 11.8 Å². The molecule has 0 aliphatic carbocycles. The second-order valence-corrected chi connectivity index (χ2v) is 7.98. The fraction of sp³-hybridized carbons (Fsp3) is 0.375. The van der Waals surface area contributed by atoms with Gasteiger partial charge in [-0.1, -0.05) is 36.8 Å². The van der Waals surface area contributed by atoms with Crippen LogP contribution < -0.4 is 10.1 Å². The number of benzene rings is 2. The average molecular weight is 421 g/mol. The summed E-state index contributed by atoms with van der Waals surface area (Å²) in [5.74, 6) is 0.531. The number of anilines is 1. The van der Waals surface area contributed by atoms with Gasteiger partial charge in [-0.25, -0.2) is 4.79 Å². The Bertz CT molecular complexity index is 947. The smallest absolute Gasteiger partial charge is 0.327 e. The van der Waals surface area contributed by atoms with E-state index in [2.05, 4.69) is 5.32 Å². The van der Waals surface area contributed by atoms with Gasteiger partial charge < -0.3 is 15.0 Å². The zero-order valence-corrected chi connectivity index (χ0v) is 17.7. The number of rotatable bonds is 8. The zero-order chi connectivity index (χ0) is 21.8. The van der Waals surface area contributed by atoms with E-state index in [-0.39, 0.29) is 23.9 Å². The second-order valence-electron chi connectivity index (χ2n) is 7.98. The van der Waals surface area contributed by atoms with E-state index in [1.54, 1.807) is 18.1 Å². The maximum absolute atomic E-state index is 12.8. The normalized spacial score (nSPS) is 17.4. The van der Waals surface area contributed by atoms with Crippen LogP contribution in [0.2, 0.25) is 0 Å². The van der Waals surface area contributed by atoms with Crippen LogP contribution in [-0.4, -0.2) is 47.3 Å². The first kappa shape index (κ1) is 20.9. The van der Waals surface area contributed by atoms with Crippen LogP contribution >= 0.6 is 0 Å². The lowest BCUT2D eigenvalue weighted by Gasteiger charge is -2.28. The monoisotopic (exact) mass is 421 g/mol. The molecular weight excluding hydrogens is 394 g/mol. The Labute approximate surface area is 182 Å². The largest absolute Gasteiger partial charge is 0.497 e. The third-order valence-corrected chi connectivity index (χ3v) is 5.92. The molecule has 2 aliphatic heterocycles. The number of amides is 4. The van der Waals surface area contributed by atoms with Crippen molar-refractivity contribution in [3.8, 4) is 5.75 Å². The molecule has 0 spiro atoms. The molecule has 7 nitrogen and oxygen atoms in total. The molecule has 0 bridgehead atoms. The molecule has 31 heavy (non-hydrogen) atoms. The van der Waals surface area contributed by atoms with E-state index >= 15 is 0 Å². The Morgan fingerprint density at radius 1 is 1.06 bits per heavy atom. The Morgan fingerprint density at radius 2 is 1.87 bits per heavy atom. The number of unbranched alkanes of at least 4 members (excludes halogenated alkanes) is 2. The van der Waals surface area contributed by atoms with Crippen molar-refractivity contribution in [1.82, 2.24) is 9.80 Å². The SMILES string of the molecule is COc1cccc(NC(=O)CCCCCN2C(=O)[C@@H]3Cc4ccccc4CN3C2=O)c1. The van der Waals surface area contributed by atoms with Gasteiger partial charge in [0, 0.05) is 37.7 Å². The van der Waals surface area contributed by atoms with Crippen molar-refractivity contribution in [1.29, 1.82) is 0 Å². The first-order valence-electron chi connectivity index (χ1n) is 10.7. The van der Waals surface area contributed by atoms with Crippen LogP contribution in [0.1, 0.15) is 36.8 Å². The van der Waals surface area contributed by atoms with Crippen molar-refractivity contribution >= 4 is 23.5 Å². The number of carbonyl (C=O) groups excluding carboxylic acids is 3. The fourth-order valence-electron chi connectivity index (χ4n) is 4.24. The summed E-state index contributed by atoms with van der Waals surface area (Å²) in [6.07, 6.45) is 3.14. The lowest BCUT2D eigenvalue weighted by molar-refractivity contribution is -0.128. The third-order valence-electron chi connectivity index (χ3n) is 5.92. The van der Waals surface area contributed by atoms with E-state index in [4.69, 9.17) is 4.74 Å².